The van der Waals surface area contributed by atoms with Crippen LogP contribution in [0.5, 0.6) is 0 Å². The molecule has 0 aromatic rings. The molecule has 1 fully saturated rings. The van der Waals surface area contributed by atoms with Gasteiger partial charge in [-0.1, -0.05) is 0 Å². The highest BCUT2D eigenvalue weighted by molar-refractivity contribution is 7.93. The fraction of sp³-hybridized carbons (Fsp3) is 1.00. The van der Waals surface area contributed by atoms with Crippen molar-refractivity contribution in [3.8, 4) is 0 Å². The summed E-state index contributed by atoms with van der Waals surface area (Å²) in [4.78, 5) is 0. The summed E-state index contributed by atoms with van der Waals surface area (Å²) in [6.45, 7) is 2.32. The lowest BCUT2D eigenvalue weighted by Crippen LogP contribution is -2.39. The zero-order chi connectivity index (χ0) is 11.9. The van der Waals surface area contributed by atoms with Crippen LogP contribution in [-0.2, 0) is 9.84 Å². The van der Waals surface area contributed by atoms with Gasteiger partial charge in [-0.05, 0) is 26.2 Å². The minimum atomic E-state index is -3.23. The third-order valence-corrected chi connectivity index (χ3v) is 6.07. The normalized spacial score (nSPS) is 29.3. The Kier molecular flexibility index (Phi) is 3.13. The van der Waals surface area contributed by atoms with Gasteiger partial charge in [-0.15, -0.1) is 0 Å². The second kappa shape index (κ2) is 3.66. The van der Waals surface area contributed by atoms with Gasteiger partial charge in [0.05, 0.1) is 17.0 Å². The summed E-state index contributed by atoms with van der Waals surface area (Å²) in [6.07, 6.45) is -0.124. The van der Waals surface area contributed by atoms with Crippen LogP contribution in [0.4, 0.5) is 8.78 Å². The molecule has 1 aliphatic rings. The van der Waals surface area contributed by atoms with E-state index in [4.69, 9.17) is 5.73 Å². The zero-order valence-corrected chi connectivity index (χ0v) is 9.78. The number of hydrogen-bond acceptors (Lipinski definition) is 3. The van der Waals surface area contributed by atoms with Crippen LogP contribution in [0.15, 0.2) is 0 Å². The molecule has 1 atom stereocenters. The number of rotatable bonds is 3. The highest BCUT2D eigenvalue weighted by Gasteiger charge is 2.50. The highest BCUT2D eigenvalue weighted by Crippen LogP contribution is 2.42. The quantitative estimate of drug-likeness (QED) is 0.807. The largest absolute Gasteiger partial charge is 0.325 e. The predicted molar refractivity (Wildman–Crippen MR) is 54.6 cm³/mol. The molecule has 1 aliphatic heterocycles. The maximum Gasteiger partial charge on any atom is 0.260 e. The van der Waals surface area contributed by atoms with Gasteiger partial charge in [0, 0.05) is 6.42 Å². The van der Waals surface area contributed by atoms with Gasteiger partial charge in [-0.3, -0.25) is 0 Å². The first kappa shape index (κ1) is 12.8. The Bertz CT molecular complexity index is 338. The Labute approximate surface area is 88.9 Å². The molecule has 1 rings (SSSR count). The molecule has 0 saturated carbocycles. The van der Waals surface area contributed by atoms with Gasteiger partial charge in [0.2, 0.25) is 0 Å². The molecule has 0 aromatic carbocycles. The minimum absolute atomic E-state index is 0.00528. The van der Waals surface area contributed by atoms with Crippen LogP contribution < -0.4 is 5.73 Å². The van der Waals surface area contributed by atoms with E-state index in [1.54, 1.807) is 0 Å². The Morgan fingerprint density at radius 3 is 2.33 bits per heavy atom. The van der Waals surface area contributed by atoms with E-state index in [-0.39, 0.29) is 5.75 Å². The summed E-state index contributed by atoms with van der Waals surface area (Å²) < 4.78 is 48.3. The van der Waals surface area contributed by atoms with Gasteiger partial charge < -0.3 is 5.73 Å². The molecule has 1 heterocycles. The second-order valence-electron chi connectivity index (χ2n) is 4.67. The Balaban J connectivity index is 2.84. The number of halogens is 2. The number of hydrogen-bond donors (Lipinski definition) is 1. The van der Waals surface area contributed by atoms with Crippen molar-refractivity contribution in [3.63, 3.8) is 0 Å². The lowest BCUT2D eigenvalue weighted by molar-refractivity contribution is -0.0169. The second-order valence-corrected chi connectivity index (χ2v) is 7.36. The summed E-state index contributed by atoms with van der Waals surface area (Å²) in [5.74, 6) is -3.45. The topological polar surface area (TPSA) is 60.2 Å². The van der Waals surface area contributed by atoms with Crippen molar-refractivity contribution in [2.75, 3.05) is 12.3 Å². The van der Waals surface area contributed by atoms with Crippen LogP contribution in [0.2, 0.25) is 0 Å². The fourth-order valence-corrected chi connectivity index (χ4v) is 3.78. The van der Waals surface area contributed by atoms with E-state index in [1.807, 2.05) is 0 Å². The summed E-state index contributed by atoms with van der Waals surface area (Å²) in [6, 6.07) is 0. The lowest BCUT2D eigenvalue weighted by Gasteiger charge is -2.28. The van der Waals surface area contributed by atoms with E-state index in [9.17, 15) is 17.2 Å². The van der Waals surface area contributed by atoms with Crippen molar-refractivity contribution in [2.24, 2.45) is 11.7 Å². The molecule has 0 bridgehead atoms. The third kappa shape index (κ3) is 2.30. The first-order chi connectivity index (χ1) is 6.62. The molecule has 0 aromatic heterocycles. The van der Waals surface area contributed by atoms with Gasteiger partial charge in [0.15, 0.2) is 9.84 Å². The van der Waals surface area contributed by atoms with Crippen molar-refractivity contribution >= 4 is 9.84 Å². The van der Waals surface area contributed by atoms with E-state index in [0.717, 1.165) is 0 Å². The summed E-state index contributed by atoms with van der Waals surface area (Å²) in [7, 11) is -3.23. The molecule has 0 aliphatic carbocycles. The molecule has 2 N–H and O–H groups in total. The molecular formula is C9H17F2NO2S. The van der Waals surface area contributed by atoms with Gasteiger partial charge in [-0.25, -0.2) is 17.2 Å². The van der Waals surface area contributed by atoms with Crippen LogP contribution in [0.1, 0.15) is 26.7 Å². The summed E-state index contributed by atoms with van der Waals surface area (Å²) in [5.41, 5.74) is 4.94. The van der Waals surface area contributed by atoms with Gasteiger partial charge in [0.25, 0.3) is 5.92 Å². The van der Waals surface area contributed by atoms with E-state index in [0.29, 0.717) is 6.42 Å². The predicted octanol–water partition coefficient (Wildman–Crippen LogP) is 1.18. The first-order valence-corrected chi connectivity index (χ1v) is 6.58. The molecule has 90 valence electrons. The summed E-state index contributed by atoms with van der Waals surface area (Å²) in [5, 5.41) is 0. The first-order valence-electron chi connectivity index (χ1n) is 4.92. The monoisotopic (exact) mass is 241 g/mol. The fourth-order valence-electron chi connectivity index (χ4n) is 1.95. The van der Waals surface area contributed by atoms with Crippen LogP contribution in [0.3, 0.4) is 0 Å². The highest BCUT2D eigenvalue weighted by atomic mass is 32.2. The van der Waals surface area contributed by atoms with Crippen LogP contribution in [-0.4, -0.2) is 31.4 Å². The average molecular weight is 241 g/mol. The molecule has 0 amide bonds. The molecule has 15 heavy (non-hydrogen) atoms. The summed E-state index contributed by atoms with van der Waals surface area (Å²) >= 11 is 0. The van der Waals surface area contributed by atoms with E-state index in [1.165, 1.54) is 13.8 Å². The molecule has 1 saturated heterocycles. The molecular weight excluding hydrogens is 224 g/mol. The lowest BCUT2D eigenvalue weighted by atomic mass is 9.87. The number of sulfone groups is 1. The van der Waals surface area contributed by atoms with Crippen molar-refractivity contribution in [1.82, 2.24) is 0 Å². The molecule has 1 unspecified atom stereocenters. The maximum absolute atomic E-state index is 13.1. The Hall–Kier alpha value is -0.230. The van der Waals surface area contributed by atoms with Gasteiger partial charge in [0.1, 0.15) is 0 Å². The smallest absolute Gasteiger partial charge is 0.260 e. The SMILES string of the molecule is CC1(C)C(CC(F)(F)CN)CCS1(=O)=O. The molecule has 0 spiro atoms. The Morgan fingerprint density at radius 1 is 1.47 bits per heavy atom. The van der Waals surface area contributed by atoms with Crippen LogP contribution >= 0.6 is 0 Å². The van der Waals surface area contributed by atoms with Gasteiger partial charge in [-0.2, -0.15) is 0 Å². The number of nitrogens with two attached hydrogens (primary N) is 1. The number of alkyl halides is 2. The minimum Gasteiger partial charge on any atom is -0.325 e. The van der Waals surface area contributed by atoms with Crippen molar-refractivity contribution < 1.29 is 17.2 Å². The van der Waals surface area contributed by atoms with E-state index < -0.39 is 39.4 Å². The molecule has 0 radical (unpaired) electrons. The Morgan fingerprint density at radius 2 is 2.00 bits per heavy atom. The molecule has 3 nitrogen and oxygen atoms in total. The van der Waals surface area contributed by atoms with E-state index in [2.05, 4.69) is 0 Å². The zero-order valence-electron chi connectivity index (χ0n) is 8.96. The third-order valence-electron chi connectivity index (χ3n) is 3.36. The molecule has 6 heteroatoms. The van der Waals surface area contributed by atoms with Gasteiger partial charge >= 0.3 is 0 Å². The van der Waals surface area contributed by atoms with Crippen molar-refractivity contribution in [2.45, 2.75) is 37.4 Å². The van der Waals surface area contributed by atoms with Crippen molar-refractivity contribution in [3.05, 3.63) is 0 Å². The van der Waals surface area contributed by atoms with Crippen LogP contribution in [0.25, 0.3) is 0 Å². The maximum atomic E-state index is 13.1. The van der Waals surface area contributed by atoms with E-state index >= 15 is 0 Å². The van der Waals surface area contributed by atoms with Crippen LogP contribution in [0, 0.1) is 5.92 Å². The average Bonchev–Trinajstić information content (AvgIpc) is 2.28. The van der Waals surface area contributed by atoms with Crippen molar-refractivity contribution in [1.29, 1.82) is 0 Å². The standard InChI is InChI=1S/C9H17F2NO2S/c1-8(2)7(3-4-15(8,13)14)5-9(10,11)6-12/h7H,3-6,12H2,1-2H3.